The molecule has 4 rings (SSSR count). The van der Waals surface area contributed by atoms with Gasteiger partial charge in [0.15, 0.2) is 0 Å². The molecule has 0 aliphatic heterocycles. The summed E-state index contributed by atoms with van der Waals surface area (Å²) < 4.78 is 5.32. The first-order chi connectivity index (χ1) is 14.7. The van der Waals surface area contributed by atoms with E-state index in [-0.39, 0.29) is 17.3 Å². The van der Waals surface area contributed by atoms with Crippen LogP contribution in [0.3, 0.4) is 0 Å². The van der Waals surface area contributed by atoms with Crippen molar-refractivity contribution in [2.24, 2.45) is 52.3 Å². The van der Waals surface area contributed by atoms with Gasteiger partial charge in [0.2, 0.25) is 0 Å². The van der Waals surface area contributed by atoms with Gasteiger partial charge >= 0.3 is 5.97 Å². The van der Waals surface area contributed by atoms with Crippen molar-refractivity contribution in [1.82, 2.24) is 0 Å². The Morgan fingerprint density at radius 3 is 2.45 bits per heavy atom. The summed E-state index contributed by atoms with van der Waals surface area (Å²) >= 11 is 0. The molecule has 4 aliphatic rings. The zero-order valence-corrected chi connectivity index (χ0v) is 20.5. The second-order valence-electron chi connectivity index (χ2n) is 12.4. The molecule has 0 heterocycles. The Hall–Kier alpha value is -1.08. The van der Waals surface area contributed by atoms with Gasteiger partial charge in [0, 0.05) is 5.57 Å². The quantitative estimate of drug-likeness (QED) is 0.365. The standard InChI is InChI=1S/C28H44O3/c1-18(2)6-8-22(26(30)31-5)24-11-10-23-21-9-7-20-16-19(17-29)12-14-27(20,3)25(21)13-15-28(23,24)4/h18,20-25H,6-16H2,1-5H3/t20?,21-,22?,23-,24+,25-,27-,28-/m0/s1. The van der Waals surface area contributed by atoms with Crippen LogP contribution < -0.4 is 0 Å². The minimum Gasteiger partial charge on any atom is -0.469 e. The summed E-state index contributed by atoms with van der Waals surface area (Å²) in [5, 5.41) is 0. The van der Waals surface area contributed by atoms with Crippen LogP contribution in [0.4, 0.5) is 0 Å². The second kappa shape index (κ2) is 8.69. The van der Waals surface area contributed by atoms with E-state index in [4.69, 9.17) is 4.74 Å². The van der Waals surface area contributed by atoms with Gasteiger partial charge in [0.05, 0.1) is 13.0 Å². The van der Waals surface area contributed by atoms with Crippen molar-refractivity contribution >= 4 is 11.9 Å². The molecule has 0 aromatic carbocycles. The summed E-state index contributed by atoms with van der Waals surface area (Å²) in [5.74, 6) is 6.48. The molecule has 4 saturated carbocycles. The maximum atomic E-state index is 12.9. The molecular weight excluding hydrogens is 384 g/mol. The van der Waals surface area contributed by atoms with Crippen LogP contribution in [0.25, 0.3) is 0 Å². The molecule has 2 unspecified atom stereocenters. The second-order valence-corrected chi connectivity index (χ2v) is 12.4. The Labute approximate surface area is 189 Å². The molecule has 0 radical (unpaired) electrons. The lowest BCUT2D eigenvalue weighted by Gasteiger charge is -2.60. The largest absolute Gasteiger partial charge is 0.469 e. The van der Waals surface area contributed by atoms with Crippen LogP contribution in [-0.4, -0.2) is 19.0 Å². The monoisotopic (exact) mass is 428 g/mol. The van der Waals surface area contributed by atoms with E-state index in [2.05, 4.69) is 33.6 Å². The number of esters is 1. The molecule has 31 heavy (non-hydrogen) atoms. The van der Waals surface area contributed by atoms with E-state index in [1.165, 1.54) is 44.9 Å². The lowest BCUT2D eigenvalue weighted by molar-refractivity contribution is -0.153. The normalized spacial score (nSPS) is 42.9. The van der Waals surface area contributed by atoms with Gasteiger partial charge in [-0.3, -0.25) is 4.79 Å². The Bertz CT molecular complexity index is 735. The van der Waals surface area contributed by atoms with Gasteiger partial charge in [0.25, 0.3) is 0 Å². The first-order valence-electron chi connectivity index (χ1n) is 13.0. The van der Waals surface area contributed by atoms with Crippen LogP contribution in [0.2, 0.25) is 0 Å². The fraction of sp³-hybridized carbons (Fsp3) is 0.893. The van der Waals surface area contributed by atoms with Crippen molar-refractivity contribution in [3.8, 4) is 0 Å². The smallest absolute Gasteiger partial charge is 0.308 e. The van der Waals surface area contributed by atoms with E-state index >= 15 is 0 Å². The minimum atomic E-state index is 0.0331. The van der Waals surface area contributed by atoms with Gasteiger partial charge in [-0.2, -0.15) is 0 Å². The highest BCUT2D eigenvalue weighted by molar-refractivity contribution is 5.72. The highest BCUT2D eigenvalue weighted by Gasteiger charge is 2.61. The third-order valence-electron chi connectivity index (χ3n) is 10.8. The number of fused-ring (bicyclic) bond motifs is 5. The minimum absolute atomic E-state index is 0.0331. The maximum absolute atomic E-state index is 12.9. The lowest BCUT2D eigenvalue weighted by Crippen LogP contribution is -2.53. The molecule has 3 nitrogen and oxygen atoms in total. The van der Waals surface area contributed by atoms with Crippen LogP contribution in [0.5, 0.6) is 0 Å². The first kappa shape index (κ1) is 23.1. The van der Waals surface area contributed by atoms with Gasteiger partial charge in [-0.25, -0.2) is 4.79 Å². The summed E-state index contributed by atoms with van der Waals surface area (Å²) in [6.07, 6.45) is 12.9. The van der Waals surface area contributed by atoms with Gasteiger partial charge in [-0.1, -0.05) is 34.1 Å². The summed E-state index contributed by atoms with van der Waals surface area (Å²) in [4.78, 5) is 24.1. The molecule has 0 aromatic rings. The zero-order chi connectivity index (χ0) is 22.4. The molecule has 0 saturated heterocycles. The van der Waals surface area contributed by atoms with Crippen molar-refractivity contribution in [2.75, 3.05) is 7.11 Å². The summed E-state index contributed by atoms with van der Waals surface area (Å²) in [6.45, 7) is 9.59. The average molecular weight is 429 g/mol. The summed E-state index contributed by atoms with van der Waals surface area (Å²) in [7, 11) is 1.57. The van der Waals surface area contributed by atoms with Crippen LogP contribution in [-0.2, 0) is 14.3 Å². The van der Waals surface area contributed by atoms with E-state index in [1.54, 1.807) is 7.11 Å². The molecule has 3 heteroatoms. The Balaban J connectivity index is 1.56. The number of hydrogen-bond acceptors (Lipinski definition) is 3. The number of rotatable bonds is 5. The zero-order valence-electron chi connectivity index (χ0n) is 20.5. The molecular formula is C28H44O3. The number of allylic oxidation sites excluding steroid dienone is 1. The molecule has 0 bridgehead atoms. The molecule has 0 spiro atoms. The number of methoxy groups -OCH3 is 1. The highest BCUT2D eigenvalue weighted by atomic mass is 16.5. The van der Waals surface area contributed by atoms with E-state index in [0.717, 1.165) is 49.0 Å². The topological polar surface area (TPSA) is 43.4 Å². The number of carbonyl (C=O) groups is 1. The predicted octanol–water partition coefficient (Wildman–Crippen LogP) is 6.63. The fourth-order valence-corrected chi connectivity index (χ4v) is 9.02. The van der Waals surface area contributed by atoms with Gasteiger partial charge < -0.3 is 4.74 Å². The predicted molar refractivity (Wildman–Crippen MR) is 124 cm³/mol. The molecule has 174 valence electrons. The molecule has 8 atom stereocenters. The van der Waals surface area contributed by atoms with Crippen molar-refractivity contribution in [3.05, 3.63) is 5.57 Å². The molecule has 0 amide bonds. The molecule has 4 aliphatic carbocycles. The molecule has 4 fully saturated rings. The van der Waals surface area contributed by atoms with Gasteiger partial charge in [-0.05, 0) is 111 Å². The molecule has 0 aromatic heterocycles. The first-order valence-corrected chi connectivity index (χ1v) is 13.0. The number of ether oxygens (including phenoxy) is 1. The van der Waals surface area contributed by atoms with Crippen LogP contribution in [0.1, 0.15) is 98.3 Å². The Morgan fingerprint density at radius 1 is 1.03 bits per heavy atom. The van der Waals surface area contributed by atoms with E-state index in [0.29, 0.717) is 23.2 Å². The third kappa shape index (κ3) is 3.84. The lowest BCUT2D eigenvalue weighted by atomic mass is 9.44. The van der Waals surface area contributed by atoms with Crippen LogP contribution in [0.15, 0.2) is 5.57 Å². The number of hydrogen-bond donors (Lipinski definition) is 0. The Morgan fingerprint density at radius 2 is 1.77 bits per heavy atom. The van der Waals surface area contributed by atoms with Crippen molar-refractivity contribution in [3.63, 3.8) is 0 Å². The van der Waals surface area contributed by atoms with Gasteiger partial charge in [-0.15, -0.1) is 0 Å². The average Bonchev–Trinajstić information content (AvgIpc) is 3.10. The van der Waals surface area contributed by atoms with E-state index in [9.17, 15) is 9.59 Å². The maximum Gasteiger partial charge on any atom is 0.308 e. The van der Waals surface area contributed by atoms with Gasteiger partial charge in [0.1, 0.15) is 5.94 Å². The van der Waals surface area contributed by atoms with Crippen molar-refractivity contribution in [1.29, 1.82) is 0 Å². The molecule has 0 N–H and O–H groups in total. The number of carbonyl (C=O) groups excluding carboxylic acids is 2. The Kier molecular flexibility index (Phi) is 6.48. The van der Waals surface area contributed by atoms with E-state index < -0.39 is 0 Å². The van der Waals surface area contributed by atoms with E-state index in [1.807, 2.05) is 0 Å². The van der Waals surface area contributed by atoms with Crippen molar-refractivity contribution < 1.29 is 14.3 Å². The fourth-order valence-electron chi connectivity index (χ4n) is 9.02. The van der Waals surface area contributed by atoms with Crippen molar-refractivity contribution in [2.45, 2.75) is 98.3 Å². The summed E-state index contributed by atoms with van der Waals surface area (Å²) in [6, 6.07) is 0. The third-order valence-corrected chi connectivity index (χ3v) is 10.8. The summed E-state index contributed by atoms with van der Waals surface area (Å²) in [5.41, 5.74) is 1.71. The van der Waals surface area contributed by atoms with Crippen LogP contribution >= 0.6 is 0 Å². The SMILES string of the molecule is COC(=O)C(CCC(C)C)[C@H]1CC[C@H]2[C@@H]3CCC4CC(=C=O)CC[C@]4(C)[C@H]3CC[C@]12C. The highest BCUT2D eigenvalue weighted by Crippen LogP contribution is 2.68. The van der Waals surface area contributed by atoms with Crippen LogP contribution in [0, 0.1) is 52.3 Å².